The number of halogens is 3. The number of pyridine rings is 2. The number of carbonyl (C=O) groups is 2. The first kappa shape index (κ1) is 34.1. The number of carbonyl (C=O) groups excluding carboxylic acids is 1. The molecule has 3 heterocycles. The van der Waals surface area contributed by atoms with Crippen molar-refractivity contribution in [1.29, 1.82) is 0 Å². The minimum Gasteiger partial charge on any atom is -0.481 e. The Morgan fingerprint density at radius 2 is 1.77 bits per heavy atom. The molecule has 13 heteroatoms. The number of anilines is 2. The van der Waals surface area contributed by atoms with Gasteiger partial charge >= 0.3 is 5.97 Å². The van der Waals surface area contributed by atoms with Gasteiger partial charge in [0.25, 0.3) is 0 Å². The molecule has 0 unspecified atom stereocenters. The van der Waals surface area contributed by atoms with Gasteiger partial charge in [0.15, 0.2) is 11.6 Å². The van der Waals surface area contributed by atoms with Crippen molar-refractivity contribution in [1.82, 2.24) is 25.9 Å². The molecule has 0 radical (unpaired) electrons. The zero-order valence-electron chi connectivity index (χ0n) is 26.1. The SMILES string of the molecule is COc1nc(-c2cccc(-c3cccc(Nc4nccc(CNC(C)(C)C(=O)O)c4F)c3Cl)c2Cl)ccc1CNC[C@@H]1CCC(=O)N1. The number of carboxylic acid groups (broad SMARTS) is 1. The average Bonchev–Trinajstić information content (AvgIpc) is 3.47. The highest BCUT2D eigenvalue weighted by Gasteiger charge is 2.27. The monoisotopic (exact) mass is 680 g/mol. The topological polar surface area (TPSA) is 138 Å². The largest absolute Gasteiger partial charge is 0.481 e. The van der Waals surface area contributed by atoms with Crippen LogP contribution in [0.15, 0.2) is 60.8 Å². The van der Waals surface area contributed by atoms with Crippen LogP contribution < -0.4 is 26.0 Å². The third-order valence-electron chi connectivity index (χ3n) is 7.96. The fourth-order valence-electron chi connectivity index (χ4n) is 5.14. The number of hydrogen-bond acceptors (Lipinski definition) is 8. The summed E-state index contributed by atoms with van der Waals surface area (Å²) < 4.78 is 21.0. The van der Waals surface area contributed by atoms with Crippen molar-refractivity contribution in [2.45, 2.75) is 51.4 Å². The molecular formula is C34H35Cl2FN6O4. The van der Waals surface area contributed by atoms with Gasteiger partial charge in [-0.05, 0) is 38.5 Å². The fraction of sp³-hybridized carbons (Fsp3) is 0.294. The van der Waals surface area contributed by atoms with Gasteiger partial charge in [-0.1, -0.05) is 59.6 Å². The third kappa shape index (κ3) is 7.82. The second-order valence-corrected chi connectivity index (χ2v) is 12.4. The highest BCUT2D eigenvalue weighted by atomic mass is 35.5. The number of carboxylic acids is 1. The molecule has 1 saturated heterocycles. The second kappa shape index (κ2) is 14.6. The lowest BCUT2D eigenvalue weighted by Gasteiger charge is -2.21. The van der Waals surface area contributed by atoms with Crippen LogP contribution in [0.5, 0.6) is 5.88 Å². The van der Waals surface area contributed by atoms with E-state index in [1.54, 1.807) is 19.2 Å². The number of benzene rings is 2. The van der Waals surface area contributed by atoms with Crippen LogP contribution >= 0.6 is 23.2 Å². The van der Waals surface area contributed by atoms with Crippen LogP contribution in [-0.4, -0.2) is 52.2 Å². The van der Waals surface area contributed by atoms with Crippen LogP contribution in [-0.2, 0) is 22.7 Å². The lowest BCUT2D eigenvalue weighted by molar-refractivity contribution is -0.143. The van der Waals surface area contributed by atoms with Crippen molar-refractivity contribution >= 4 is 46.6 Å². The van der Waals surface area contributed by atoms with Gasteiger partial charge in [0.05, 0.1) is 28.5 Å². The van der Waals surface area contributed by atoms with E-state index in [-0.39, 0.29) is 29.9 Å². The first-order valence-corrected chi connectivity index (χ1v) is 15.7. The maximum atomic E-state index is 15.4. The van der Waals surface area contributed by atoms with E-state index in [4.69, 9.17) is 32.9 Å². The molecule has 5 rings (SSSR count). The zero-order valence-corrected chi connectivity index (χ0v) is 27.6. The van der Waals surface area contributed by atoms with Gasteiger partial charge in [-0.15, -0.1) is 0 Å². The van der Waals surface area contributed by atoms with Crippen LogP contribution in [0, 0.1) is 5.82 Å². The highest BCUT2D eigenvalue weighted by Crippen LogP contribution is 2.42. The number of nitrogens with zero attached hydrogens (tertiary/aromatic N) is 2. The van der Waals surface area contributed by atoms with Crippen molar-refractivity contribution in [3.63, 3.8) is 0 Å². The summed E-state index contributed by atoms with van der Waals surface area (Å²) in [6.07, 6.45) is 2.80. The number of nitrogens with one attached hydrogen (secondary N) is 4. The molecule has 1 aliphatic rings. The van der Waals surface area contributed by atoms with Crippen molar-refractivity contribution in [2.75, 3.05) is 19.0 Å². The summed E-state index contributed by atoms with van der Waals surface area (Å²) in [5.41, 5.74) is 2.79. The molecule has 0 saturated carbocycles. The van der Waals surface area contributed by atoms with E-state index in [2.05, 4.69) is 26.3 Å². The van der Waals surface area contributed by atoms with Gasteiger partial charge in [0.1, 0.15) is 5.54 Å². The fourth-order valence-corrected chi connectivity index (χ4v) is 5.74. The van der Waals surface area contributed by atoms with Gasteiger partial charge in [0.2, 0.25) is 11.8 Å². The number of amides is 1. The third-order valence-corrected chi connectivity index (χ3v) is 8.78. The molecule has 246 valence electrons. The van der Waals surface area contributed by atoms with Crippen LogP contribution in [0.1, 0.15) is 37.8 Å². The van der Waals surface area contributed by atoms with E-state index >= 15 is 4.39 Å². The van der Waals surface area contributed by atoms with Crippen LogP contribution in [0.25, 0.3) is 22.4 Å². The average molecular weight is 682 g/mol. The van der Waals surface area contributed by atoms with Crippen molar-refractivity contribution in [3.8, 4) is 28.3 Å². The highest BCUT2D eigenvalue weighted by molar-refractivity contribution is 6.39. The van der Waals surface area contributed by atoms with Gasteiger partial charge in [0, 0.05) is 66.1 Å². The molecule has 10 nitrogen and oxygen atoms in total. The summed E-state index contributed by atoms with van der Waals surface area (Å²) in [5, 5.41) is 22.2. The second-order valence-electron chi connectivity index (χ2n) is 11.7. The molecule has 0 bridgehead atoms. The Kier molecular flexibility index (Phi) is 10.6. The Bertz CT molecular complexity index is 1800. The summed E-state index contributed by atoms with van der Waals surface area (Å²) in [4.78, 5) is 31.8. The Morgan fingerprint density at radius 3 is 2.47 bits per heavy atom. The van der Waals surface area contributed by atoms with Crippen molar-refractivity contribution < 1.29 is 23.8 Å². The molecule has 5 N–H and O–H groups in total. The molecule has 0 aliphatic carbocycles. The van der Waals surface area contributed by atoms with E-state index in [0.29, 0.717) is 63.5 Å². The Balaban J connectivity index is 1.36. The van der Waals surface area contributed by atoms with Gasteiger partial charge in [-0.2, -0.15) is 0 Å². The standard InChI is InChI=1S/C34H35Cl2FN6O4/c1-34(2,33(45)46)40-17-19-14-15-39-31(30(19)37)42-26-9-5-7-23(29(26)36)22-6-4-8-24(28(22)35)25-12-10-20(32(43-25)47-3)16-38-18-21-11-13-27(44)41-21/h4-10,12,14-15,21,38,40H,11,13,16-18H2,1-3H3,(H,39,42)(H,41,44)(H,45,46)/t21-/m0/s1. The van der Waals surface area contributed by atoms with E-state index in [1.165, 1.54) is 26.1 Å². The maximum absolute atomic E-state index is 15.4. The van der Waals surface area contributed by atoms with E-state index in [1.807, 2.05) is 36.4 Å². The number of aromatic nitrogens is 2. The van der Waals surface area contributed by atoms with Gasteiger partial charge in [-0.25, -0.2) is 14.4 Å². The first-order valence-electron chi connectivity index (χ1n) is 15.0. The minimum absolute atomic E-state index is 0.0189. The maximum Gasteiger partial charge on any atom is 0.323 e. The van der Waals surface area contributed by atoms with Gasteiger partial charge in [-0.3, -0.25) is 14.9 Å². The molecule has 0 spiro atoms. The molecule has 4 aromatic rings. The molecule has 1 aliphatic heterocycles. The van der Waals surface area contributed by atoms with E-state index in [0.717, 1.165) is 12.0 Å². The molecular weight excluding hydrogens is 646 g/mol. The Hall–Kier alpha value is -4.29. The number of ether oxygens (including phenoxy) is 1. The lowest BCUT2D eigenvalue weighted by Crippen LogP contribution is -2.46. The summed E-state index contributed by atoms with van der Waals surface area (Å²) in [5.74, 6) is -1.21. The minimum atomic E-state index is -1.25. The molecule has 2 aromatic carbocycles. The van der Waals surface area contributed by atoms with Crippen molar-refractivity contribution in [2.24, 2.45) is 0 Å². The Labute approximate surface area is 282 Å². The Morgan fingerprint density at radius 1 is 1.04 bits per heavy atom. The number of methoxy groups -OCH3 is 1. The number of aliphatic carboxylic acids is 1. The first-order chi connectivity index (χ1) is 22.5. The lowest BCUT2D eigenvalue weighted by atomic mass is 10.00. The van der Waals surface area contributed by atoms with E-state index in [9.17, 15) is 14.7 Å². The zero-order chi connectivity index (χ0) is 33.7. The molecule has 1 fully saturated rings. The molecule has 2 aromatic heterocycles. The van der Waals surface area contributed by atoms with Crippen LogP contribution in [0.2, 0.25) is 10.0 Å². The summed E-state index contributed by atoms with van der Waals surface area (Å²) >= 11 is 13.8. The molecule has 47 heavy (non-hydrogen) atoms. The van der Waals surface area contributed by atoms with Crippen LogP contribution in [0.4, 0.5) is 15.9 Å². The number of hydrogen-bond donors (Lipinski definition) is 5. The predicted octanol–water partition coefficient (Wildman–Crippen LogP) is 6.33. The van der Waals surface area contributed by atoms with Gasteiger partial charge < -0.3 is 25.8 Å². The van der Waals surface area contributed by atoms with Crippen LogP contribution in [0.3, 0.4) is 0 Å². The summed E-state index contributed by atoms with van der Waals surface area (Å²) in [7, 11) is 1.56. The summed E-state index contributed by atoms with van der Waals surface area (Å²) in [6, 6.07) is 16.2. The number of rotatable bonds is 13. The normalized spacial score (nSPS) is 14.6. The summed E-state index contributed by atoms with van der Waals surface area (Å²) in [6.45, 7) is 4.15. The predicted molar refractivity (Wildman–Crippen MR) is 181 cm³/mol. The van der Waals surface area contributed by atoms with E-state index < -0.39 is 17.3 Å². The molecule has 1 atom stereocenters. The van der Waals surface area contributed by atoms with Crippen molar-refractivity contribution in [3.05, 3.63) is 87.8 Å². The molecule has 1 amide bonds. The quantitative estimate of drug-likeness (QED) is 0.110. The smallest absolute Gasteiger partial charge is 0.323 e.